The monoisotopic (exact) mass is 426 g/mol. The number of anilines is 2. The molecule has 1 amide bonds. The Labute approximate surface area is 179 Å². The molecule has 7 heteroatoms. The Morgan fingerprint density at radius 3 is 2.66 bits per heavy atom. The van der Waals surface area contributed by atoms with E-state index < -0.39 is 0 Å². The highest BCUT2D eigenvalue weighted by Crippen LogP contribution is 2.30. The molecule has 2 heterocycles. The predicted molar refractivity (Wildman–Crippen MR) is 121 cm³/mol. The van der Waals surface area contributed by atoms with Crippen molar-refractivity contribution in [2.75, 3.05) is 43.4 Å². The van der Waals surface area contributed by atoms with Gasteiger partial charge in [-0.2, -0.15) is 0 Å². The third kappa shape index (κ3) is 4.96. The maximum Gasteiger partial charge on any atom is 0.230 e. The molecule has 4 rings (SSSR count). The second kappa shape index (κ2) is 8.95. The number of carbonyl (C=O) groups is 1. The lowest BCUT2D eigenvalue weighted by Gasteiger charge is -2.35. The second-order valence-electron chi connectivity index (χ2n) is 7.19. The lowest BCUT2D eigenvalue weighted by molar-refractivity contribution is -0.115. The molecule has 3 aromatic rings. The zero-order valence-electron chi connectivity index (χ0n) is 16.3. The van der Waals surface area contributed by atoms with Gasteiger partial charge in [-0.25, -0.2) is 4.98 Å². The van der Waals surface area contributed by atoms with Crippen LogP contribution in [0.3, 0.4) is 0 Å². The van der Waals surface area contributed by atoms with Crippen LogP contribution in [0.25, 0.3) is 10.6 Å². The number of aromatic nitrogens is 1. The molecule has 0 bridgehead atoms. The van der Waals surface area contributed by atoms with Gasteiger partial charge in [0.2, 0.25) is 5.91 Å². The first-order valence-electron chi connectivity index (χ1n) is 9.61. The predicted octanol–water partition coefficient (Wildman–Crippen LogP) is 4.40. The second-order valence-corrected chi connectivity index (χ2v) is 8.48. The molecule has 29 heavy (non-hydrogen) atoms. The van der Waals surface area contributed by atoms with Gasteiger partial charge in [0.15, 0.2) is 0 Å². The molecular formula is C22H23ClN4OS. The molecule has 1 fully saturated rings. The lowest BCUT2D eigenvalue weighted by Crippen LogP contribution is -2.44. The van der Waals surface area contributed by atoms with Crippen LogP contribution < -0.4 is 10.2 Å². The molecule has 150 valence electrons. The molecule has 0 spiro atoms. The van der Waals surface area contributed by atoms with Crippen molar-refractivity contribution >= 4 is 40.2 Å². The van der Waals surface area contributed by atoms with Crippen LogP contribution in [0.5, 0.6) is 0 Å². The summed E-state index contributed by atoms with van der Waals surface area (Å²) in [4.78, 5) is 21.9. The number of carbonyl (C=O) groups excluding carboxylic acids is 1. The number of benzene rings is 2. The number of thiazole rings is 1. The van der Waals surface area contributed by atoms with Crippen LogP contribution in [0.4, 0.5) is 11.4 Å². The first-order valence-corrected chi connectivity index (χ1v) is 10.9. The standard InChI is InChI=1S/C22H23ClN4OS/c1-26-9-11-27(12-10-26)20-8-7-17(23)13-19(20)25-21(28)14-18-15-29-22(24-18)16-5-3-2-4-6-16/h2-8,13,15H,9-12,14H2,1H3,(H,25,28). The zero-order valence-corrected chi connectivity index (χ0v) is 17.8. The number of amides is 1. The smallest absolute Gasteiger partial charge is 0.230 e. The first kappa shape index (κ1) is 19.9. The Balaban J connectivity index is 1.46. The average Bonchev–Trinajstić information content (AvgIpc) is 3.18. The highest BCUT2D eigenvalue weighted by molar-refractivity contribution is 7.13. The van der Waals surface area contributed by atoms with E-state index >= 15 is 0 Å². The Bertz CT molecular complexity index is 983. The molecule has 5 nitrogen and oxygen atoms in total. The number of nitrogens with one attached hydrogen (secondary N) is 1. The average molecular weight is 427 g/mol. The lowest BCUT2D eigenvalue weighted by atomic mass is 10.2. The first-order chi connectivity index (χ1) is 14.1. The summed E-state index contributed by atoms with van der Waals surface area (Å²) in [6.07, 6.45) is 0.234. The van der Waals surface area contributed by atoms with E-state index in [9.17, 15) is 4.79 Å². The fourth-order valence-electron chi connectivity index (χ4n) is 3.39. The molecule has 0 saturated carbocycles. The van der Waals surface area contributed by atoms with Crippen molar-refractivity contribution in [1.82, 2.24) is 9.88 Å². The van der Waals surface area contributed by atoms with E-state index in [1.165, 1.54) is 0 Å². The van der Waals surface area contributed by atoms with E-state index in [1.54, 1.807) is 11.3 Å². The minimum atomic E-state index is -0.0902. The van der Waals surface area contributed by atoms with E-state index in [1.807, 2.05) is 53.9 Å². The molecule has 1 N–H and O–H groups in total. The van der Waals surface area contributed by atoms with Crippen molar-refractivity contribution in [3.63, 3.8) is 0 Å². The number of likely N-dealkylation sites (N-methyl/N-ethyl adjacent to an activating group) is 1. The molecule has 0 atom stereocenters. The topological polar surface area (TPSA) is 48.5 Å². The van der Waals surface area contributed by atoms with Gasteiger partial charge in [-0.3, -0.25) is 4.79 Å². The number of piperazine rings is 1. The number of halogens is 1. The Kier molecular flexibility index (Phi) is 6.13. The summed E-state index contributed by atoms with van der Waals surface area (Å²) in [5.74, 6) is -0.0902. The van der Waals surface area contributed by atoms with Crippen molar-refractivity contribution in [2.24, 2.45) is 0 Å². The van der Waals surface area contributed by atoms with Crippen molar-refractivity contribution < 1.29 is 4.79 Å². The molecule has 0 unspecified atom stereocenters. The SMILES string of the molecule is CN1CCN(c2ccc(Cl)cc2NC(=O)Cc2csc(-c3ccccc3)n2)CC1. The van der Waals surface area contributed by atoms with Crippen LogP contribution in [0.2, 0.25) is 5.02 Å². The van der Waals surface area contributed by atoms with Gasteiger partial charge < -0.3 is 15.1 Å². The molecular weight excluding hydrogens is 404 g/mol. The highest BCUT2D eigenvalue weighted by Gasteiger charge is 2.19. The summed E-state index contributed by atoms with van der Waals surface area (Å²) in [6, 6.07) is 15.7. The maximum atomic E-state index is 12.7. The van der Waals surface area contributed by atoms with Crippen molar-refractivity contribution in [3.8, 4) is 10.6 Å². The summed E-state index contributed by atoms with van der Waals surface area (Å²) in [7, 11) is 2.12. The molecule has 1 saturated heterocycles. The molecule has 1 aliphatic rings. The highest BCUT2D eigenvalue weighted by atomic mass is 35.5. The Morgan fingerprint density at radius 1 is 1.14 bits per heavy atom. The van der Waals surface area contributed by atoms with E-state index in [4.69, 9.17) is 11.6 Å². The Morgan fingerprint density at radius 2 is 1.90 bits per heavy atom. The van der Waals surface area contributed by atoms with Gasteiger partial charge in [0, 0.05) is 42.1 Å². The molecule has 2 aromatic carbocycles. The van der Waals surface area contributed by atoms with Gasteiger partial charge in [0.25, 0.3) is 0 Å². The van der Waals surface area contributed by atoms with E-state index in [0.29, 0.717) is 5.02 Å². The van der Waals surface area contributed by atoms with E-state index in [-0.39, 0.29) is 12.3 Å². The summed E-state index contributed by atoms with van der Waals surface area (Å²) in [5, 5.41) is 6.52. The van der Waals surface area contributed by atoms with Crippen LogP contribution in [0.1, 0.15) is 5.69 Å². The van der Waals surface area contributed by atoms with Crippen molar-refractivity contribution in [2.45, 2.75) is 6.42 Å². The third-order valence-electron chi connectivity index (χ3n) is 4.99. The van der Waals surface area contributed by atoms with Gasteiger partial charge in [-0.1, -0.05) is 41.9 Å². The van der Waals surface area contributed by atoms with Gasteiger partial charge in [0.1, 0.15) is 5.01 Å². The fourth-order valence-corrected chi connectivity index (χ4v) is 4.39. The summed E-state index contributed by atoms with van der Waals surface area (Å²) in [5.41, 5.74) is 3.61. The van der Waals surface area contributed by atoms with Gasteiger partial charge >= 0.3 is 0 Å². The third-order valence-corrected chi connectivity index (χ3v) is 6.17. The quantitative estimate of drug-likeness (QED) is 0.657. The molecule has 0 radical (unpaired) electrons. The van der Waals surface area contributed by atoms with Gasteiger partial charge in [-0.15, -0.1) is 11.3 Å². The molecule has 1 aromatic heterocycles. The van der Waals surface area contributed by atoms with E-state index in [0.717, 1.165) is 53.8 Å². The summed E-state index contributed by atoms with van der Waals surface area (Å²) >= 11 is 7.76. The number of nitrogens with zero attached hydrogens (tertiary/aromatic N) is 3. The van der Waals surface area contributed by atoms with E-state index in [2.05, 4.69) is 27.1 Å². The van der Waals surface area contributed by atoms with Crippen LogP contribution in [0.15, 0.2) is 53.9 Å². The zero-order chi connectivity index (χ0) is 20.2. The van der Waals surface area contributed by atoms with Crippen molar-refractivity contribution in [3.05, 3.63) is 64.6 Å². The normalized spacial score (nSPS) is 14.8. The summed E-state index contributed by atoms with van der Waals surface area (Å²) < 4.78 is 0. The van der Waals surface area contributed by atoms with Gasteiger partial charge in [0.05, 0.1) is 23.5 Å². The van der Waals surface area contributed by atoms with Crippen molar-refractivity contribution in [1.29, 1.82) is 0 Å². The molecule has 1 aliphatic heterocycles. The van der Waals surface area contributed by atoms with Crippen LogP contribution in [-0.2, 0) is 11.2 Å². The largest absolute Gasteiger partial charge is 0.367 e. The van der Waals surface area contributed by atoms with Crippen LogP contribution in [0, 0.1) is 0 Å². The fraction of sp³-hybridized carbons (Fsp3) is 0.273. The molecule has 0 aliphatic carbocycles. The number of hydrogen-bond acceptors (Lipinski definition) is 5. The van der Waals surface area contributed by atoms with Crippen LogP contribution >= 0.6 is 22.9 Å². The van der Waals surface area contributed by atoms with Crippen LogP contribution in [-0.4, -0.2) is 49.0 Å². The number of rotatable bonds is 5. The number of hydrogen-bond donors (Lipinski definition) is 1. The minimum absolute atomic E-state index is 0.0902. The minimum Gasteiger partial charge on any atom is -0.367 e. The summed E-state index contributed by atoms with van der Waals surface area (Å²) in [6.45, 7) is 3.84. The Hall–Kier alpha value is -2.41. The van der Waals surface area contributed by atoms with Gasteiger partial charge in [-0.05, 0) is 25.2 Å². The maximum absolute atomic E-state index is 12.7.